The molecule has 3 heterocycles. The molecule has 0 saturated heterocycles. The van der Waals surface area contributed by atoms with Crippen molar-refractivity contribution in [2.24, 2.45) is 0 Å². The predicted octanol–water partition coefficient (Wildman–Crippen LogP) is 13.2. The molecule has 2 aliphatic rings. The van der Waals surface area contributed by atoms with Gasteiger partial charge in [-0.3, -0.25) is 0 Å². The highest BCUT2D eigenvalue weighted by Gasteiger charge is 2.45. The summed E-state index contributed by atoms with van der Waals surface area (Å²) in [4.78, 5) is 7.47. The molecule has 59 heavy (non-hydrogen) atoms. The van der Waals surface area contributed by atoms with Crippen LogP contribution in [0.4, 0.5) is 51.2 Å². The lowest BCUT2D eigenvalue weighted by Gasteiger charge is -2.46. The van der Waals surface area contributed by atoms with Gasteiger partial charge in [-0.05, 0) is 114 Å². The number of rotatable bonds is 6. The highest BCUT2D eigenvalue weighted by molar-refractivity contribution is 7.00. The lowest BCUT2D eigenvalue weighted by atomic mass is 9.33. The van der Waals surface area contributed by atoms with Crippen molar-refractivity contribution in [2.75, 3.05) is 14.7 Å². The zero-order valence-electron chi connectivity index (χ0n) is 34.1. The molecular weight excluding hydrogens is 717 g/mol. The van der Waals surface area contributed by atoms with E-state index >= 15 is 0 Å². The van der Waals surface area contributed by atoms with Crippen LogP contribution in [0.5, 0.6) is 0 Å². The lowest BCUT2D eigenvalue weighted by molar-refractivity contribution is 0.657. The van der Waals surface area contributed by atoms with E-state index in [-0.39, 0.29) is 6.71 Å². The molecule has 0 fully saturated rings. The van der Waals surface area contributed by atoms with E-state index in [1.165, 1.54) is 67.1 Å². The van der Waals surface area contributed by atoms with Crippen LogP contribution in [-0.4, -0.2) is 6.71 Å². The van der Waals surface area contributed by atoms with Gasteiger partial charge in [-0.2, -0.15) is 0 Å². The van der Waals surface area contributed by atoms with E-state index < -0.39 is 0 Å². The van der Waals surface area contributed by atoms with Crippen LogP contribution < -0.4 is 31.1 Å². The number of hydrogen-bond donors (Lipinski definition) is 0. The molecule has 0 amide bonds. The van der Waals surface area contributed by atoms with Gasteiger partial charge in [-0.15, -0.1) is 0 Å². The summed E-state index contributed by atoms with van der Waals surface area (Å²) in [5.74, 6) is 0.323. The molecule has 0 radical (unpaired) electrons. The smallest absolute Gasteiger partial charge is 0.252 e. The third kappa shape index (κ3) is 5.31. The van der Waals surface area contributed by atoms with Gasteiger partial charge in [0.15, 0.2) is 5.58 Å². The number of anilines is 9. The minimum atomic E-state index is 0.0255. The maximum Gasteiger partial charge on any atom is 0.252 e. The number of benzene rings is 8. The van der Waals surface area contributed by atoms with Gasteiger partial charge in [-0.1, -0.05) is 135 Å². The molecule has 11 rings (SSSR count). The maximum atomic E-state index is 7.06. The number of fused-ring (bicyclic) bond motifs is 7. The number of para-hydroxylation sites is 7. The predicted molar refractivity (Wildman–Crippen MR) is 251 cm³/mol. The van der Waals surface area contributed by atoms with Gasteiger partial charge in [0, 0.05) is 50.6 Å². The number of furan rings is 1. The van der Waals surface area contributed by atoms with Crippen molar-refractivity contribution in [3.05, 3.63) is 192 Å². The van der Waals surface area contributed by atoms with Crippen LogP contribution in [0.3, 0.4) is 0 Å². The third-order valence-electron chi connectivity index (χ3n) is 12.5. The first-order chi connectivity index (χ1) is 28.9. The van der Waals surface area contributed by atoms with Crippen LogP contribution in [0.25, 0.3) is 21.9 Å². The SMILES string of the molecule is Cc1ccccc1N1c2cc(N(c3ccccc3)c3cccc4c3oc3c(C(C)C)cccc34)cc3c2B(c2cccc(C)c2N3c2ccccc2)c2cccc(C)c21. The van der Waals surface area contributed by atoms with Gasteiger partial charge in [0.2, 0.25) is 0 Å². The Bertz CT molecular complexity index is 3100. The molecule has 0 spiro atoms. The number of nitrogens with zero attached hydrogens (tertiary/aromatic N) is 3. The highest BCUT2D eigenvalue weighted by atomic mass is 16.3. The second kappa shape index (κ2) is 13.6. The van der Waals surface area contributed by atoms with Gasteiger partial charge in [0.1, 0.15) is 5.58 Å². The van der Waals surface area contributed by atoms with E-state index in [4.69, 9.17) is 4.42 Å². The Morgan fingerprint density at radius 1 is 0.492 bits per heavy atom. The van der Waals surface area contributed by atoms with Crippen molar-refractivity contribution in [3.63, 3.8) is 0 Å². The maximum absolute atomic E-state index is 7.06. The Labute approximate surface area is 346 Å². The zero-order chi connectivity index (χ0) is 39.9. The van der Waals surface area contributed by atoms with Crippen molar-refractivity contribution in [2.45, 2.75) is 40.5 Å². The van der Waals surface area contributed by atoms with Crippen LogP contribution in [0, 0.1) is 20.8 Å². The Hall–Kier alpha value is -6.98. The van der Waals surface area contributed by atoms with Gasteiger partial charge < -0.3 is 19.1 Å². The normalized spacial score (nSPS) is 12.9. The summed E-state index contributed by atoms with van der Waals surface area (Å²) in [5, 5.41) is 2.26. The summed E-state index contributed by atoms with van der Waals surface area (Å²) in [6.07, 6.45) is 0. The van der Waals surface area contributed by atoms with Crippen LogP contribution in [0.1, 0.15) is 42.0 Å². The summed E-state index contributed by atoms with van der Waals surface area (Å²) < 4.78 is 7.06. The molecule has 0 bridgehead atoms. The monoisotopic (exact) mass is 761 g/mol. The minimum absolute atomic E-state index is 0.0255. The fraction of sp³-hybridized carbons (Fsp3) is 0.111. The standard InChI is InChI=1S/C54H44BN3O/c1-34(2)41-25-16-26-42-43-27-17-31-47(54(43)59-53(41)42)56(38-21-8-6-9-22-38)40-32-48-50-49(33-40)58(46-30-13-12-18-35(46)3)52-37(5)20-15-29-45(52)55(50)44-28-14-19-36(4)51(44)57(48)39-23-10-7-11-24-39/h6-34H,1-5H3. The molecule has 2 aliphatic heterocycles. The first kappa shape index (κ1) is 35.2. The first-order valence-electron chi connectivity index (χ1n) is 20.8. The molecule has 0 aliphatic carbocycles. The molecule has 0 N–H and O–H groups in total. The van der Waals surface area contributed by atoms with Gasteiger partial charge in [-0.25, -0.2) is 0 Å². The zero-order valence-corrected chi connectivity index (χ0v) is 34.1. The van der Waals surface area contributed by atoms with Crippen LogP contribution >= 0.6 is 0 Å². The summed E-state index contributed by atoms with van der Waals surface area (Å²) in [5.41, 5.74) is 20.9. The highest BCUT2D eigenvalue weighted by Crippen LogP contribution is 2.50. The Balaban J connectivity index is 1.29. The number of aryl methyl sites for hydroxylation is 3. The first-order valence-corrected chi connectivity index (χ1v) is 20.8. The lowest BCUT2D eigenvalue weighted by Crippen LogP contribution is -2.61. The molecule has 0 unspecified atom stereocenters. The van der Waals surface area contributed by atoms with Crippen LogP contribution in [-0.2, 0) is 0 Å². The Morgan fingerprint density at radius 2 is 1.05 bits per heavy atom. The third-order valence-corrected chi connectivity index (χ3v) is 12.5. The second-order valence-electron chi connectivity index (χ2n) is 16.5. The van der Waals surface area contributed by atoms with Gasteiger partial charge in [0.05, 0.1) is 11.4 Å². The van der Waals surface area contributed by atoms with Crippen molar-refractivity contribution >= 4 is 96.2 Å². The van der Waals surface area contributed by atoms with Crippen LogP contribution in [0.15, 0.2) is 174 Å². The van der Waals surface area contributed by atoms with Crippen LogP contribution in [0.2, 0.25) is 0 Å². The molecule has 284 valence electrons. The van der Waals surface area contributed by atoms with Gasteiger partial charge >= 0.3 is 0 Å². The average molecular weight is 762 g/mol. The van der Waals surface area contributed by atoms with Gasteiger partial charge in [0.25, 0.3) is 6.71 Å². The summed E-state index contributed by atoms with van der Waals surface area (Å²) >= 11 is 0. The molecule has 9 aromatic rings. The van der Waals surface area contributed by atoms with Crippen molar-refractivity contribution in [1.82, 2.24) is 0 Å². The fourth-order valence-corrected chi connectivity index (χ4v) is 9.93. The van der Waals surface area contributed by atoms with E-state index in [1.54, 1.807) is 0 Å². The Morgan fingerprint density at radius 3 is 1.73 bits per heavy atom. The summed E-state index contributed by atoms with van der Waals surface area (Å²) in [6, 6.07) is 62.2. The molecule has 0 saturated carbocycles. The summed E-state index contributed by atoms with van der Waals surface area (Å²) in [6.45, 7) is 11.3. The molecule has 4 nitrogen and oxygen atoms in total. The Kier molecular flexibility index (Phi) is 8.09. The largest absolute Gasteiger partial charge is 0.454 e. The molecule has 1 aromatic heterocycles. The quantitative estimate of drug-likeness (QED) is 0.157. The fourth-order valence-electron chi connectivity index (χ4n) is 9.93. The van der Waals surface area contributed by atoms with E-state index in [0.717, 1.165) is 44.7 Å². The van der Waals surface area contributed by atoms with E-state index in [1.807, 2.05) is 0 Å². The molecule has 8 aromatic carbocycles. The van der Waals surface area contributed by atoms with Crippen molar-refractivity contribution in [1.29, 1.82) is 0 Å². The van der Waals surface area contributed by atoms with Crippen molar-refractivity contribution < 1.29 is 4.42 Å². The van der Waals surface area contributed by atoms with Crippen molar-refractivity contribution in [3.8, 4) is 0 Å². The minimum Gasteiger partial charge on any atom is -0.454 e. The second-order valence-corrected chi connectivity index (χ2v) is 16.5. The number of hydrogen-bond acceptors (Lipinski definition) is 4. The van der Waals surface area contributed by atoms with E-state index in [0.29, 0.717) is 5.92 Å². The average Bonchev–Trinajstić information content (AvgIpc) is 3.65. The molecule has 5 heteroatoms. The van der Waals surface area contributed by atoms with E-state index in [2.05, 4.69) is 219 Å². The molecule has 0 atom stereocenters. The van der Waals surface area contributed by atoms with E-state index in [9.17, 15) is 0 Å². The molecular formula is C54H44BN3O. The topological polar surface area (TPSA) is 22.9 Å². The summed E-state index contributed by atoms with van der Waals surface area (Å²) in [7, 11) is 0.